The summed E-state index contributed by atoms with van der Waals surface area (Å²) in [6.07, 6.45) is 4.67. The van der Waals surface area contributed by atoms with Gasteiger partial charge >= 0.3 is 0 Å². The van der Waals surface area contributed by atoms with Crippen molar-refractivity contribution in [3.63, 3.8) is 0 Å². The van der Waals surface area contributed by atoms with E-state index in [1.165, 1.54) is 0 Å². The van der Waals surface area contributed by atoms with Crippen molar-refractivity contribution in [1.29, 1.82) is 0 Å². The predicted octanol–water partition coefficient (Wildman–Crippen LogP) is 0.549. The Kier molecular flexibility index (Phi) is 4.13. The monoisotopic (exact) mass is 393 g/mol. The highest BCUT2D eigenvalue weighted by Gasteiger charge is 2.49. The van der Waals surface area contributed by atoms with Crippen molar-refractivity contribution in [3.8, 4) is 0 Å². The molecule has 2 unspecified atom stereocenters. The minimum absolute atomic E-state index is 0.0733. The first-order valence-corrected chi connectivity index (χ1v) is 9.80. The van der Waals surface area contributed by atoms with Gasteiger partial charge in [0.1, 0.15) is 11.3 Å². The van der Waals surface area contributed by atoms with Crippen LogP contribution in [-0.2, 0) is 6.54 Å². The average Bonchev–Trinajstić information content (AvgIpc) is 3.44. The van der Waals surface area contributed by atoms with Gasteiger partial charge in [0.2, 0.25) is 0 Å². The molecule has 0 spiro atoms. The zero-order valence-electron chi connectivity index (χ0n) is 16.4. The van der Waals surface area contributed by atoms with Crippen LogP contribution in [0, 0.1) is 6.92 Å². The van der Waals surface area contributed by atoms with Crippen molar-refractivity contribution < 1.29 is 4.79 Å². The molecule has 2 atom stereocenters. The fraction of sp³-hybridized carbons (Fsp3) is 0.400. The van der Waals surface area contributed by atoms with E-state index in [0.717, 1.165) is 43.1 Å². The van der Waals surface area contributed by atoms with E-state index in [9.17, 15) is 9.59 Å². The van der Waals surface area contributed by atoms with Gasteiger partial charge in [0, 0.05) is 56.6 Å². The predicted molar refractivity (Wildman–Crippen MR) is 108 cm³/mol. The van der Waals surface area contributed by atoms with Crippen LogP contribution < -0.4 is 15.8 Å². The minimum Gasteiger partial charge on any atom is -0.364 e. The number of piperazine rings is 1. The van der Waals surface area contributed by atoms with Crippen LogP contribution in [0.5, 0.6) is 0 Å². The summed E-state index contributed by atoms with van der Waals surface area (Å²) in [5, 5.41) is 7.21. The molecule has 1 aliphatic carbocycles. The molecule has 29 heavy (non-hydrogen) atoms. The summed E-state index contributed by atoms with van der Waals surface area (Å²) < 4.78 is 1.74. The van der Waals surface area contributed by atoms with Crippen LogP contribution in [0.25, 0.3) is 5.65 Å². The second-order valence-electron chi connectivity index (χ2n) is 7.75. The number of fused-ring (bicyclic) bond motifs is 2. The van der Waals surface area contributed by atoms with E-state index in [2.05, 4.69) is 30.2 Å². The van der Waals surface area contributed by atoms with Crippen LogP contribution in [0.15, 0.2) is 35.4 Å². The third-order valence-electron chi connectivity index (χ3n) is 5.83. The molecule has 1 saturated heterocycles. The molecule has 0 bridgehead atoms. The number of amides is 1. The molecule has 2 fully saturated rings. The van der Waals surface area contributed by atoms with Crippen LogP contribution in [0.1, 0.15) is 28.2 Å². The molecule has 1 aliphatic heterocycles. The Labute approximate surface area is 167 Å². The number of pyridine rings is 1. The Balaban J connectivity index is 1.27. The quantitative estimate of drug-likeness (QED) is 0.672. The lowest BCUT2D eigenvalue weighted by Gasteiger charge is -2.35. The van der Waals surface area contributed by atoms with Gasteiger partial charge in [0.05, 0.1) is 17.6 Å². The lowest BCUT2D eigenvalue weighted by Crippen LogP contribution is -2.46. The number of H-pyrrole nitrogens is 1. The van der Waals surface area contributed by atoms with Crippen LogP contribution in [0.2, 0.25) is 0 Å². The number of aromatic nitrogens is 4. The van der Waals surface area contributed by atoms with E-state index in [-0.39, 0.29) is 11.5 Å². The molecule has 9 heteroatoms. The van der Waals surface area contributed by atoms with E-state index >= 15 is 0 Å². The van der Waals surface area contributed by atoms with Gasteiger partial charge in [-0.3, -0.25) is 14.5 Å². The summed E-state index contributed by atoms with van der Waals surface area (Å²) in [6, 6.07) is 6.66. The van der Waals surface area contributed by atoms with E-state index in [4.69, 9.17) is 0 Å². The molecule has 2 N–H and O–H groups in total. The van der Waals surface area contributed by atoms with Gasteiger partial charge in [-0.25, -0.2) is 9.50 Å². The van der Waals surface area contributed by atoms with Gasteiger partial charge in [-0.05, 0) is 25.5 Å². The molecule has 150 valence electrons. The summed E-state index contributed by atoms with van der Waals surface area (Å²) in [7, 11) is 1.60. The number of anilines is 1. The second kappa shape index (κ2) is 6.70. The molecule has 2 aliphatic rings. The summed E-state index contributed by atoms with van der Waals surface area (Å²) >= 11 is 0. The Morgan fingerprint density at radius 2 is 2.17 bits per heavy atom. The number of carbonyl (C=O) groups is 1. The number of aromatic amines is 1. The van der Waals surface area contributed by atoms with E-state index in [1.54, 1.807) is 36.9 Å². The molecule has 5 rings (SSSR count). The van der Waals surface area contributed by atoms with Crippen molar-refractivity contribution >= 4 is 17.2 Å². The zero-order valence-corrected chi connectivity index (χ0v) is 16.4. The maximum Gasteiger partial charge on any atom is 0.269 e. The molecule has 0 radical (unpaired) electrons. The van der Waals surface area contributed by atoms with E-state index in [1.807, 2.05) is 12.1 Å². The Bertz CT molecular complexity index is 1130. The molecule has 0 aromatic carbocycles. The summed E-state index contributed by atoms with van der Waals surface area (Å²) in [5.41, 5.74) is 3.76. The number of nitrogens with one attached hydrogen (secondary N) is 2. The van der Waals surface area contributed by atoms with Crippen LogP contribution in [0.4, 0.5) is 5.69 Å². The Morgan fingerprint density at radius 1 is 1.31 bits per heavy atom. The number of hydrogen-bond acceptors (Lipinski definition) is 6. The van der Waals surface area contributed by atoms with Gasteiger partial charge in [0.25, 0.3) is 11.5 Å². The zero-order chi connectivity index (χ0) is 20.1. The van der Waals surface area contributed by atoms with Crippen molar-refractivity contribution in [3.05, 3.63) is 57.9 Å². The number of nitrogens with zero attached hydrogens (tertiary/aromatic N) is 5. The highest BCUT2D eigenvalue weighted by atomic mass is 16.1. The summed E-state index contributed by atoms with van der Waals surface area (Å²) in [5.74, 6) is -0.172. The fourth-order valence-corrected chi connectivity index (χ4v) is 4.18. The SMILES string of the molecule is CNC(=O)c1ccc(N2CCN(Cc3cc4[nH]c(=O)c(C)cn4n3)C3CC32)cn1. The lowest BCUT2D eigenvalue weighted by molar-refractivity contribution is 0.0958. The standard InChI is InChI=1S/C20H23N7O2/c1-12-10-27-18(23-19(12)28)7-13(24-27)11-25-5-6-26(17-8-16(17)25)14-3-4-15(22-9-14)20(29)21-2/h3-4,7,9-10,16-17H,5-6,8,11H2,1-2H3,(H,21,29)(H,23,28). The van der Waals surface area contributed by atoms with Crippen LogP contribution in [0.3, 0.4) is 0 Å². The molecule has 3 aromatic rings. The number of aryl methyl sites for hydroxylation is 1. The van der Waals surface area contributed by atoms with Crippen molar-refractivity contribution in [2.24, 2.45) is 0 Å². The van der Waals surface area contributed by atoms with E-state index in [0.29, 0.717) is 23.3 Å². The third kappa shape index (κ3) is 3.17. The lowest BCUT2D eigenvalue weighted by atomic mass is 10.2. The van der Waals surface area contributed by atoms with E-state index < -0.39 is 0 Å². The molecule has 9 nitrogen and oxygen atoms in total. The normalized spacial score (nSPS) is 21.2. The first-order chi connectivity index (χ1) is 14.0. The summed E-state index contributed by atoms with van der Waals surface area (Å²) in [6.45, 7) is 4.39. The smallest absolute Gasteiger partial charge is 0.269 e. The van der Waals surface area contributed by atoms with Gasteiger partial charge in [-0.1, -0.05) is 0 Å². The maximum atomic E-state index is 11.8. The molecular weight excluding hydrogens is 370 g/mol. The number of carbonyl (C=O) groups excluding carboxylic acids is 1. The van der Waals surface area contributed by atoms with Crippen molar-refractivity contribution in [1.82, 2.24) is 29.8 Å². The Hall–Kier alpha value is -3.20. The van der Waals surface area contributed by atoms with Gasteiger partial charge in [-0.2, -0.15) is 5.10 Å². The number of hydrogen-bond donors (Lipinski definition) is 2. The molecule has 1 saturated carbocycles. The summed E-state index contributed by atoms with van der Waals surface area (Å²) in [4.78, 5) is 35.5. The minimum atomic E-state index is -0.172. The van der Waals surface area contributed by atoms with Crippen molar-refractivity contribution in [2.45, 2.75) is 32.0 Å². The van der Waals surface area contributed by atoms with Crippen LogP contribution in [-0.4, -0.2) is 62.6 Å². The highest BCUT2D eigenvalue weighted by Crippen LogP contribution is 2.39. The van der Waals surface area contributed by atoms with Crippen LogP contribution >= 0.6 is 0 Å². The third-order valence-corrected chi connectivity index (χ3v) is 5.83. The van der Waals surface area contributed by atoms with Gasteiger partial charge in [-0.15, -0.1) is 0 Å². The Morgan fingerprint density at radius 3 is 2.93 bits per heavy atom. The molecular formula is C20H23N7O2. The highest BCUT2D eigenvalue weighted by molar-refractivity contribution is 5.92. The fourth-order valence-electron chi connectivity index (χ4n) is 4.18. The molecule has 4 heterocycles. The first kappa shape index (κ1) is 17.9. The topological polar surface area (TPSA) is 98.6 Å². The second-order valence-corrected chi connectivity index (χ2v) is 7.75. The largest absolute Gasteiger partial charge is 0.364 e. The molecule has 1 amide bonds. The number of rotatable bonds is 4. The van der Waals surface area contributed by atoms with Crippen molar-refractivity contribution in [2.75, 3.05) is 25.0 Å². The van der Waals surface area contributed by atoms with Gasteiger partial charge < -0.3 is 15.2 Å². The first-order valence-electron chi connectivity index (χ1n) is 9.80. The average molecular weight is 393 g/mol. The molecule has 3 aromatic heterocycles. The van der Waals surface area contributed by atoms with Gasteiger partial charge in [0.15, 0.2) is 0 Å². The maximum absolute atomic E-state index is 11.8.